The van der Waals surface area contributed by atoms with Crippen LogP contribution in [-0.4, -0.2) is 33.5 Å². The maximum Gasteiger partial charge on any atom is 0.181 e. The molecule has 6 nitrogen and oxygen atoms in total. The van der Waals surface area contributed by atoms with Crippen LogP contribution in [0.2, 0.25) is 5.02 Å². The molecule has 3 heterocycles. The molecule has 1 aliphatic rings. The molecule has 1 aromatic carbocycles. The number of hydrogen-bond donors (Lipinski definition) is 2. The van der Waals surface area contributed by atoms with Crippen molar-refractivity contribution in [3.63, 3.8) is 0 Å². The van der Waals surface area contributed by atoms with Crippen molar-refractivity contribution in [3.8, 4) is 17.3 Å². The summed E-state index contributed by atoms with van der Waals surface area (Å²) >= 11 is 5.97. The van der Waals surface area contributed by atoms with Gasteiger partial charge >= 0.3 is 0 Å². The molecule has 4 rings (SSSR count). The highest BCUT2D eigenvalue weighted by molar-refractivity contribution is 6.30. The van der Waals surface area contributed by atoms with Gasteiger partial charge in [-0.1, -0.05) is 23.7 Å². The molecule has 0 radical (unpaired) electrons. The first kappa shape index (κ1) is 15.9. The Morgan fingerprint density at radius 3 is 2.72 bits per heavy atom. The third-order valence-corrected chi connectivity index (χ3v) is 4.68. The summed E-state index contributed by atoms with van der Waals surface area (Å²) in [5.74, 6) is 0.714. The summed E-state index contributed by atoms with van der Waals surface area (Å²) in [6.45, 7) is 1.99. The van der Waals surface area contributed by atoms with Crippen LogP contribution in [0.1, 0.15) is 18.5 Å². The largest absolute Gasteiger partial charge is 0.364 e. The smallest absolute Gasteiger partial charge is 0.181 e. The van der Waals surface area contributed by atoms with Gasteiger partial charge in [0.15, 0.2) is 11.5 Å². The van der Waals surface area contributed by atoms with E-state index in [1.54, 1.807) is 10.6 Å². The number of benzene rings is 1. The molecular weight excluding hydrogens is 336 g/mol. The molecule has 1 aliphatic heterocycles. The highest BCUT2D eigenvalue weighted by Gasteiger charge is 2.17. The van der Waals surface area contributed by atoms with Crippen molar-refractivity contribution < 1.29 is 0 Å². The van der Waals surface area contributed by atoms with Crippen LogP contribution >= 0.6 is 11.6 Å². The van der Waals surface area contributed by atoms with E-state index >= 15 is 0 Å². The van der Waals surface area contributed by atoms with E-state index in [9.17, 15) is 5.26 Å². The van der Waals surface area contributed by atoms with Crippen LogP contribution in [0, 0.1) is 11.3 Å². The summed E-state index contributed by atoms with van der Waals surface area (Å²) in [6.07, 6.45) is 5.54. The van der Waals surface area contributed by atoms with Crippen molar-refractivity contribution >= 4 is 23.1 Å². The van der Waals surface area contributed by atoms with Crippen LogP contribution in [-0.2, 0) is 0 Å². The Morgan fingerprint density at radius 2 is 2.00 bits per heavy atom. The van der Waals surface area contributed by atoms with Crippen LogP contribution < -0.4 is 10.6 Å². The van der Waals surface area contributed by atoms with Crippen molar-refractivity contribution in [3.05, 3.63) is 47.4 Å². The average Bonchev–Trinajstić information content (AvgIpc) is 3.09. The SMILES string of the molecule is N#Cc1cnc(NC2CCNCC2)c2nc(-c3ccc(Cl)cc3)cn12. The topological polar surface area (TPSA) is 78.0 Å². The lowest BCUT2D eigenvalue weighted by atomic mass is 10.1. The van der Waals surface area contributed by atoms with Gasteiger partial charge in [-0.15, -0.1) is 0 Å². The van der Waals surface area contributed by atoms with Gasteiger partial charge in [0.2, 0.25) is 0 Å². The summed E-state index contributed by atoms with van der Waals surface area (Å²) in [7, 11) is 0. The van der Waals surface area contributed by atoms with Crippen LogP contribution in [0.15, 0.2) is 36.7 Å². The minimum absolute atomic E-state index is 0.362. The number of hydrogen-bond acceptors (Lipinski definition) is 5. The van der Waals surface area contributed by atoms with E-state index in [1.807, 2.05) is 30.5 Å². The van der Waals surface area contributed by atoms with Crippen molar-refractivity contribution in [2.45, 2.75) is 18.9 Å². The normalized spacial score (nSPS) is 15.2. The monoisotopic (exact) mass is 352 g/mol. The highest BCUT2D eigenvalue weighted by atomic mass is 35.5. The Balaban J connectivity index is 1.76. The van der Waals surface area contributed by atoms with Gasteiger partial charge in [-0.3, -0.25) is 4.40 Å². The number of rotatable bonds is 3. The summed E-state index contributed by atoms with van der Waals surface area (Å²) in [5, 5.41) is 16.9. The Hall–Kier alpha value is -2.62. The van der Waals surface area contributed by atoms with Gasteiger partial charge in [-0.2, -0.15) is 5.26 Å². The lowest BCUT2D eigenvalue weighted by Gasteiger charge is -2.24. The fourth-order valence-electron chi connectivity index (χ4n) is 3.08. The minimum Gasteiger partial charge on any atom is -0.364 e. The summed E-state index contributed by atoms with van der Waals surface area (Å²) in [4.78, 5) is 9.15. The van der Waals surface area contributed by atoms with Gasteiger partial charge in [0.1, 0.15) is 11.8 Å². The Labute approximate surface area is 150 Å². The fraction of sp³-hybridized carbons (Fsp3) is 0.278. The molecule has 0 atom stereocenters. The maximum atomic E-state index is 9.38. The molecule has 0 amide bonds. The fourth-order valence-corrected chi connectivity index (χ4v) is 3.21. The van der Waals surface area contributed by atoms with Gasteiger partial charge in [0.05, 0.1) is 11.9 Å². The number of halogens is 1. The second kappa shape index (κ2) is 6.71. The highest BCUT2D eigenvalue weighted by Crippen LogP contribution is 2.25. The predicted molar refractivity (Wildman–Crippen MR) is 97.7 cm³/mol. The van der Waals surface area contributed by atoms with E-state index in [2.05, 4.69) is 21.7 Å². The standard InChI is InChI=1S/C18H17ClN6/c19-13-3-1-12(2-4-13)16-11-25-15(9-20)10-22-17(18(25)24-16)23-14-5-7-21-8-6-14/h1-4,10-11,14,21H,5-8H2,(H,22,23). The zero-order chi connectivity index (χ0) is 17.2. The van der Waals surface area contributed by atoms with Gasteiger partial charge in [0, 0.05) is 22.8 Å². The quantitative estimate of drug-likeness (QED) is 0.757. The second-order valence-corrected chi connectivity index (χ2v) is 6.54. The molecule has 25 heavy (non-hydrogen) atoms. The molecule has 0 aliphatic carbocycles. The number of fused-ring (bicyclic) bond motifs is 1. The summed E-state index contributed by atoms with van der Waals surface area (Å²) in [6, 6.07) is 10.0. The third-order valence-electron chi connectivity index (χ3n) is 4.43. The lowest BCUT2D eigenvalue weighted by Crippen LogP contribution is -2.35. The van der Waals surface area contributed by atoms with E-state index in [-0.39, 0.29) is 0 Å². The Morgan fingerprint density at radius 1 is 1.24 bits per heavy atom. The van der Waals surface area contributed by atoms with Crippen LogP contribution in [0.25, 0.3) is 16.9 Å². The first-order valence-electron chi connectivity index (χ1n) is 8.26. The van der Waals surface area contributed by atoms with E-state index in [0.717, 1.165) is 37.2 Å². The molecule has 0 saturated carbocycles. The molecule has 0 unspecified atom stereocenters. The Kier molecular flexibility index (Phi) is 4.26. The number of nitriles is 1. The summed E-state index contributed by atoms with van der Waals surface area (Å²) in [5.41, 5.74) is 2.86. The molecule has 0 spiro atoms. The molecule has 1 saturated heterocycles. The van der Waals surface area contributed by atoms with Crippen molar-refractivity contribution in [1.29, 1.82) is 5.26 Å². The van der Waals surface area contributed by atoms with Crippen molar-refractivity contribution in [2.24, 2.45) is 0 Å². The molecule has 1 fully saturated rings. The van der Waals surface area contributed by atoms with Crippen LogP contribution in [0.4, 0.5) is 5.82 Å². The van der Waals surface area contributed by atoms with Gasteiger partial charge in [-0.05, 0) is 38.1 Å². The molecule has 126 valence electrons. The van der Waals surface area contributed by atoms with E-state index in [4.69, 9.17) is 16.6 Å². The van der Waals surface area contributed by atoms with Crippen LogP contribution in [0.3, 0.4) is 0 Å². The molecule has 0 bridgehead atoms. The first-order chi connectivity index (χ1) is 12.2. The van der Waals surface area contributed by atoms with Crippen LogP contribution in [0.5, 0.6) is 0 Å². The van der Waals surface area contributed by atoms with Crippen molar-refractivity contribution in [1.82, 2.24) is 19.7 Å². The lowest BCUT2D eigenvalue weighted by molar-refractivity contribution is 0.478. The molecular formula is C18H17ClN6. The van der Waals surface area contributed by atoms with Gasteiger partial charge in [0.25, 0.3) is 0 Å². The van der Waals surface area contributed by atoms with Gasteiger partial charge in [-0.25, -0.2) is 9.97 Å². The zero-order valence-corrected chi connectivity index (χ0v) is 14.3. The van der Waals surface area contributed by atoms with Crippen molar-refractivity contribution in [2.75, 3.05) is 18.4 Å². The zero-order valence-electron chi connectivity index (χ0n) is 13.5. The number of aromatic nitrogens is 3. The van der Waals surface area contributed by atoms with Gasteiger partial charge < -0.3 is 10.6 Å². The molecule has 7 heteroatoms. The average molecular weight is 353 g/mol. The molecule has 2 aromatic heterocycles. The third kappa shape index (κ3) is 3.16. The molecule has 3 aromatic rings. The number of imidazole rings is 1. The van der Waals surface area contributed by atoms with E-state index in [0.29, 0.717) is 28.2 Å². The molecule has 2 N–H and O–H groups in total. The Bertz CT molecular complexity index is 935. The maximum absolute atomic E-state index is 9.38. The van der Waals surface area contributed by atoms with E-state index in [1.165, 1.54) is 0 Å². The number of anilines is 1. The number of nitrogens with one attached hydrogen (secondary N) is 2. The predicted octanol–water partition coefficient (Wildman–Crippen LogP) is 3.09. The number of piperidine rings is 1. The number of nitrogens with zero attached hydrogens (tertiary/aromatic N) is 4. The first-order valence-corrected chi connectivity index (χ1v) is 8.64. The second-order valence-electron chi connectivity index (χ2n) is 6.10. The summed E-state index contributed by atoms with van der Waals surface area (Å²) < 4.78 is 1.79. The van der Waals surface area contributed by atoms with E-state index < -0.39 is 0 Å². The minimum atomic E-state index is 0.362.